The van der Waals surface area contributed by atoms with Gasteiger partial charge in [0.15, 0.2) is 0 Å². The van der Waals surface area contributed by atoms with E-state index in [-0.39, 0.29) is 21.1 Å². The molecule has 1 unspecified atom stereocenters. The second kappa shape index (κ2) is 8.81. The molecule has 0 aromatic carbocycles. The normalized spacial score (nSPS) is 13.4. The summed E-state index contributed by atoms with van der Waals surface area (Å²) in [4.78, 5) is 0. The monoisotopic (exact) mass is 266 g/mol. The van der Waals surface area contributed by atoms with Crippen LogP contribution in [0.25, 0.3) is 0 Å². The van der Waals surface area contributed by atoms with E-state index >= 15 is 0 Å². The van der Waals surface area contributed by atoms with E-state index < -0.39 is 0 Å². The zero-order valence-electron chi connectivity index (χ0n) is 7.72. The molecule has 0 amide bonds. The van der Waals surface area contributed by atoms with Crippen molar-refractivity contribution in [3.8, 4) is 0 Å². The first-order chi connectivity index (χ1) is 5.31. The molecule has 0 saturated carbocycles. The van der Waals surface area contributed by atoms with Gasteiger partial charge in [-0.05, 0) is 0 Å². The number of hydrogen-bond donors (Lipinski definition) is 0. The van der Waals surface area contributed by atoms with Crippen molar-refractivity contribution in [3.63, 3.8) is 0 Å². The Balaban J connectivity index is 2.89. The predicted octanol–water partition coefficient (Wildman–Crippen LogP) is 1.60. The van der Waals surface area contributed by atoms with Crippen LogP contribution in [0, 0.1) is 0 Å². The van der Waals surface area contributed by atoms with Crippen molar-refractivity contribution in [1.82, 2.24) is 0 Å². The summed E-state index contributed by atoms with van der Waals surface area (Å²) in [6.07, 6.45) is 1.74. The van der Waals surface area contributed by atoms with Gasteiger partial charge in [0.25, 0.3) is 0 Å². The van der Waals surface area contributed by atoms with Crippen molar-refractivity contribution >= 4 is 21.1 Å². The molecule has 66 valence electrons. The maximum absolute atomic E-state index is 5.17. The molecular formula is C8H18O2Sn. The van der Waals surface area contributed by atoms with Crippen LogP contribution < -0.4 is 0 Å². The number of rotatable bonds is 7. The van der Waals surface area contributed by atoms with E-state index in [1.54, 1.807) is 14.2 Å². The fourth-order valence-corrected chi connectivity index (χ4v) is 4.07. The van der Waals surface area contributed by atoms with Crippen molar-refractivity contribution in [3.05, 3.63) is 0 Å². The molecule has 0 heterocycles. The molecular weight excluding hydrogens is 247 g/mol. The minimum atomic E-state index is -0.124. The van der Waals surface area contributed by atoms with Crippen molar-refractivity contribution in [2.24, 2.45) is 0 Å². The molecule has 0 fully saturated rings. The van der Waals surface area contributed by atoms with Gasteiger partial charge in [-0.15, -0.1) is 0 Å². The Hall–Kier alpha value is 0.719. The first-order valence-electron chi connectivity index (χ1n) is 4.03. The fraction of sp³-hybridized carbons (Fsp3) is 1.00. The minimum absolute atomic E-state index is 0.124. The Bertz CT molecular complexity index is 78.5. The third-order valence-corrected chi connectivity index (χ3v) is 6.02. The number of hydrogen-bond acceptors (Lipinski definition) is 2. The summed E-state index contributed by atoms with van der Waals surface area (Å²) >= 11 is -0.124. The molecule has 11 heavy (non-hydrogen) atoms. The van der Waals surface area contributed by atoms with Crippen LogP contribution in [-0.2, 0) is 9.47 Å². The average Bonchev–Trinajstić information content (AvgIpc) is 2.04. The fourth-order valence-electron chi connectivity index (χ4n) is 0.730. The van der Waals surface area contributed by atoms with E-state index in [0.717, 1.165) is 6.61 Å². The Kier molecular flexibility index (Phi) is 9.39. The summed E-state index contributed by atoms with van der Waals surface area (Å²) in [5, 5.41) is 0. The van der Waals surface area contributed by atoms with Gasteiger partial charge in [-0.25, -0.2) is 0 Å². The molecule has 0 rings (SSSR count). The van der Waals surface area contributed by atoms with Crippen LogP contribution in [-0.4, -0.2) is 48.1 Å². The van der Waals surface area contributed by atoms with Gasteiger partial charge in [-0.2, -0.15) is 0 Å². The summed E-state index contributed by atoms with van der Waals surface area (Å²) in [6.45, 7) is 3.08. The van der Waals surface area contributed by atoms with Crippen LogP contribution in [0.5, 0.6) is 0 Å². The zero-order valence-corrected chi connectivity index (χ0v) is 10.6. The van der Waals surface area contributed by atoms with E-state index in [1.165, 1.54) is 15.3 Å². The first kappa shape index (κ1) is 11.7. The Morgan fingerprint density at radius 1 is 1.36 bits per heavy atom. The molecule has 0 saturated heterocycles. The zero-order chi connectivity index (χ0) is 8.53. The molecule has 2 radical (unpaired) electrons. The van der Waals surface area contributed by atoms with E-state index in [2.05, 4.69) is 6.92 Å². The van der Waals surface area contributed by atoms with Crippen molar-refractivity contribution in [2.75, 3.05) is 20.8 Å². The average molecular weight is 265 g/mol. The van der Waals surface area contributed by atoms with Crippen LogP contribution in [0.15, 0.2) is 0 Å². The second-order valence-electron chi connectivity index (χ2n) is 2.60. The molecule has 1 atom stereocenters. The van der Waals surface area contributed by atoms with Crippen molar-refractivity contribution in [1.29, 1.82) is 0 Å². The van der Waals surface area contributed by atoms with Gasteiger partial charge in [0.1, 0.15) is 0 Å². The summed E-state index contributed by atoms with van der Waals surface area (Å²) < 4.78 is 12.9. The van der Waals surface area contributed by atoms with Gasteiger partial charge in [-0.3, -0.25) is 0 Å². The van der Waals surface area contributed by atoms with E-state index in [1.807, 2.05) is 0 Å². The summed E-state index contributed by atoms with van der Waals surface area (Å²) in [5.41, 5.74) is 0. The third kappa shape index (κ3) is 8.63. The molecule has 2 nitrogen and oxygen atoms in total. The topological polar surface area (TPSA) is 18.5 Å². The van der Waals surface area contributed by atoms with Crippen molar-refractivity contribution in [2.45, 2.75) is 28.3 Å². The van der Waals surface area contributed by atoms with E-state index in [0.29, 0.717) is 6.10 Å². The standard InChI is InChI=1S/2C4H9O.Sn/c1-4(2)5-3;1-3-4-5-2;/h4H,1H2,2-3H3;1,3-4H2,2H3;. The molecule has 0 aliphatic heterocycles. The molecule has 0 aliphatic rings. The first-order valence-corrected chi connectivity index (χ1v) is 8.07. The molecule has 3 heteroatoms. The molecule has 0 bridgehead atoms. The molecule has 0 spiro atoms. The third-order valence-electron chi connectivity index (χ3n) is 1.54. The summed E-state index contributed by atoms with van der Waals surface area (Å²) in [7, 11) is 3.56. The van der Waals surface area contributed by atoms with Gasteiger partial charge < -0.3 is 0 Å². The van der Waals surface area contributed by atoms with E-state index in [9.17, 15) is 0 Å². The second-order valence-corrected chi connectivity index (χ2v) is 6.62. The maximum atomic E-state index is 5.17. The summed E-state index contributed by atoms with van der Waals surface area (Å²) in [6, 6.07) is 0. The predicted molar refractivity (Wildman–Crippen MR) is 48.3 cm³/mol. The number of ether oxygens (including phenoxy) is 2. The molecule has 0 N–H and O–H groups in total. The molecule has 0 aliphatic carbocycles. The Labute approximate surface area is 79.9 Å². The van der Waals surface area contributed by atoms with Gasteiger partial charge in [-0.1, -0.05) is 0 Å². The van der Waals surface area contributed by atoms with Crippen LogP contribution in [0.3, 0.4) is 0 Å². The van der Waals surface area contributed by atoms with Crippen LogP contribution in [0.4, 0.5) is 0 Å². The van der Waals surface area contributed by atoms with Crippen LogP contribution >= 0.6 is 0 Å². The van der Waals surface area contributed by atoms with Crippen LogP contribution in [0.1, 0.15) is 13.3 Å². The van der Waals surface area contributed by atoms with Gasteiger partial charge in [0.2, 0.25) is 0 Å². The SMILES string of the molecule is COCC[CH2][Sn][CH2]C(C)OC. The Morgan fingerprint density at radius 3 is 2.64 bits per heavy atom. The van der Waals surface area contributed by atoms with Crippen molar-refractivity contribution < 1.29 is 9.47 Å². The summed E-state index contributed by atoms with van der Waals surface area (Å²) in [5.74, 6) is 0. The molecule has 0 aromatic rings. The quantitative estimate of drug-likeness (QED) is 0.514. The van der Waals surface area contributed by atoms with E-state index in [4.69, 9.17) is 9.47 Å². The number of methoxy groups -OCH3 is 2. The Morgan fingerprint density at radius 2 is 2.09 bits per heavy atom. The van der Waals surface area contributed by atoms with Gasteiger partial charge in [0.05, 0.1) is 0 Å². The molecule has 0 aromatic heterocycles. The van der Waals surface area contributed by atoms with Gasteiger partial charge in [0, 0.05) is 0 Å². The van der Waals surface area contributed by atoms with Crippen LogP contribution in [0.2, 0.25) is 8.87 Å². The van der Waals surface area contributed by atoms with Gasteiger partial charge >= 0.3 is 79.8 Å².